The smallest absolute Gasteiger partial charge is 0.258 e. The van der Waals surface area contributed by atoms with Crippen molar-refractivity contribution in [3.8, 4) is 5.75 Å². The molecule has 2 rings (SSSR count). The number of benzene rings is 1. The molecule has 6 heteroatoms. The van der Waals surface area contributed by atoms with Crippen LogP contribution in [-0.2, 0) is 16.1 Å². The zero-order chi connectivity index (χ0) is 16.7. The maximum Gasteiger partial charge on any atom is 0.258 e. The van der Waals surface area contributed by atoms with Gasteiger partial charge in [0.15, 0.2) is 6.61 Å². The summed E-state index contributed by atoms with van der Waals surface area (Å²) in [5.41, 5.74) is 1.18. The lowest BCUT2D eigenvalue weighted by Gasteiger charge is -2.17. The first-order valence-electron chi connectivity index (χ1n) is 7.27. The molecule has 0 fully saturated rings. The van der Waals surface area contributed by atoms with E-state index < -0.39 is 0 Å². The van der Waals surface area contributed by atoms with E-state index in [0.29, 0.717) is 12.3 Å². The van der Waals surface area contributed by atoms with Gasteiger partial charge < -0.3 is 15.0 Å². The molecule has 0 spiro atoms. The number of hydrogen-bond donors (Lipinski definition) is 1. The molecule has 0 aliphatic heterocycles. The molecule has 1 aromatic carbocycles. The third-order valence-corrected chi connectivity index (χ3v) is 4.33. The Bertz CT molecular complexity index is 655. The lowest BCUT2D eigenvalue weighted by molar-refractivity contribution is -0.132. The van der Waals surface area contributed by atoms with Gasteiger partial charge in [-0.3, -0.25) is 9.59 Å². The standard InChI is InChI=1S/C17H20N2O3S/c1-13-8-9-23-15(13)11-19(2)17(21)10-18-16(20)12-22-14-6-4-3-5-7-14/h3-9H,10-12H2,1-2H3,(H,18,20). The van der Waals surface area contributed by atoms with Crippen molar-refractivity contribution in [2.24, 2.45) is 0 Å². The average Bonchev–Trinajstić information content (AvgIpc) is 2.96. The number of rotatable bonds is 7. The van der Waals surface area contributed by atoms with Crippen LogP contribution in [-0.4, -0.2) is 36.9 Å². The summed E-state index contributed by atoms with van der Waals surface area (Å²) in [5.74, 6) is 0.174. The van der Waals surface area contributed by atoms with Crippen LogP contribution in [0.2, 0.25) is 0 Å². The van der Waals surface area contributed by atoms with Gasteiger partial charge in [0, 0.05) is 11.9 Å². The molecule has 1 aromatic heterocycles. The first kappa shape index (κ1) is 17.0. The van der Waals surface area contributed by atoms with Crippen LogP contribution in [0.25, 0.3) is 0 Å². The number of nitrogens with zero attached hydrogens (tertiary/aromatic N) is 1. The zero-order valence-electron chi connectivity index (χ0n) is 13.2. The fourth-order valence-corrected chi connectivity index (χ4v) is 2.85. The predicted octanol–water partition coefficient (Wildman–Crippen LogP) is 2.21. The Balaban J connectivity index is 1.71. The molecule has 0 radical (unpaired) electrons. The molecular formula is C17H20N2O3S. The first-order valence-corrected chi connectivity index (χ1v) is 8.15. The summed E-state index contributed by atoms with van der Waals surface area (Å²) in [6, 6.07) is 11.1. The molecule has 5 nitrogen and oxygen atoms in total. The summed E-state index contributed by atoms with van der Waals surface area (Å²) >= 11 is 1.62. The van der Waals surface area contributed by atoms with Crippen molar-refractivity contribution in [1.29, 1.82) is 0 Å². The van der Waals surface area contributed by atoms with Crippen molar-refractivity contribution in [1.82, 2.24) is 10.2 Å². The molecule has 0 saturated heterocycles. The fourth-order valence-electron chi connectivity index (χ4n) is 1.90. The largest absolute Gasteiger partial charge is 0.484 e. The minimum atomic E-state index is -0.317. The Hall–Kier alpha value is -2.34. The van der Waals surface area contributed by atoms with Crippen LogP contribution >= 0.6 is 11.3 Å². The number of amides is 2. The Morgan fingerprint density at radius 2 is 1.96 bits per heavy atom. The number of carbonyl (C=O) groups excluding carboxylic acids is 2. The van der Waals surface area contributed by atoms with Gasteiger partial charge in [0.1, 0.15) is 5.75 Å². The molecule has 0 atom stereocenters. The van der Waals surface area contributed by atoms with Crippen molar-refractivity contribution in [2.75, 3.05) is 20.2 Å². The predicted molar refractivity (Wildman–Crippen MR) is 90.5 cm³/mol. The van der Waals surface area contributed by atoms with E-state index in [-0.39, 0.29) is 25.0 Å². The molecule has 23 heavy (non-hydrogen) atoms. The average molecular weight is 332 g/mol. The summed E-state index contributed by atoms with van der Waals surface area (Å²) in [5, 5.41) is 4.58. The van der Waals surface area contributed by atoms with Gasteiger partial charge in [-0.1, -0.05) is 18.2 Å². The van der Waals surface area contributed by atoms with E-state index in [1.807, 2.05) is 36.6 Å². The van der Waals surface area contributed by atoms with Crippen LogP contribution < -0.4 is 10.1 Å². The van der Waals surface area contributed by atoms with Crippen molar-refractivity contribution in [3.63, 3.8) is 0 Å². The van der Waals surface area contributed by atoms with Crippen molar-refractivity contribution in [3.05, 3.63) is 52.2 Å². The van der Waals surface area contributed by atoms with Crippen LogP contribution in [0.4, 0.5) is 0 Å². The van der Waals surface area contributed by atoms with Crippen LogP contribution in [0, 0.1) is 6.92 Å². The molecule has 2 amide bonds. The second-order valence-electron chi connectivity index (χ2n) is 5.16. The molecule has 122 valence electrons. The SMILES string of the molecule is Cc1ccsc1CN(C)C(=O)CNC(=O)COc1ccccc1. The molecule has 2 aromatic rings. The highest BCUT2D eigenvalue weighted by atomic mass is 32.1. The number of nitrogens with one attached hydrogen (secondary N) is 1. The summed E-state index contributed by atoms with van der Waals surface area (Å²) in [6.45, 7) is 2.44. The second-order valence-corrected chi connectivity index (χ2v) is 6.16. The Kier molecular flexibility index (Phi) is 6.17. The first-order chi connectivity index (χ1) is 11.1. The monoisotopic (exact) mass is 332 g/mol. The number of aryl methyl sites for hydroxylation is 1. The second kappa shape index (κ2) is 8.33. The molecule has 0 unspecified atom stereocenters. The fraction of sp³-hybridized carbons (Fsp3) is 0.294. The van der Waals surface area contributed by atoms with E-state index in [9.17, 15) is 9.59 Å². The number of carbonyl (C=O) groups is 2. The topological polar surface area (TPSA) is 58.6 Å². The third kappa shape index (κ3) is 5.41. The van der Waals surface area contributed by atoms with Crippen LogP contribution in [0.5, 0.6) is 5.75 Å². The van der Waals surface area contributed by atoms with Crippen molar-refractivity contribution in [2.45, 2.75) is 13.5 Å². The molecular weight excluding hydrogens is 312 g/mol. The quantitative estimate of drug-likeness (QED) is 0.846. The van der Waals surface area contributed by atoms with Gasteiger partial charge in [-0.05, 0) is 36.1 Å². The highest BCUT2D eigenvalue weighted by Crippen LogP contribution is 2.17. The van der Waals surface area contributed by atoms with E-state index in [0.717, 1.165) is 4.88 Å². The van der Waals surface area contributed by atoms with Gasteiger partial charge in [-0.15, -0.1) is 11.3 Å². The molecule has 1 N–H and O–H groups in total. The molecule has 0 bridgehead atoms. The number of hydrogen-bond acceptors (Lipinski definition) is 4. The number of ether oxygens (including phenoxy) is 1. The number of thiophene rings is 1. The lowest BCUT2D eigenvalue weighted by Crippen LogP contribution is -2.39. The Morgan fingerprint density at radius 1 is 1.22 bits per heavy atom. The minimum Gasteiger partial charge on any atom is -0.484 e. The van der Waals surface area contributed by atoms with E-state index in [1.54, 1.807) is 35.4 Å². The van der Waals surface area contributed by atoms with Gasteiger partial charge in [-0.25, -0.2) is 0 Å². The summed E-state index contributed by atoms with van der Waals surface area (Å²) < 4.78 is 5.33. The van der Waals surface area contributed by atoms with Gasteiger partial charge in [0.25, 0.3) is 5.91 Å². The third-order valence-electron chi connectivity index (χ3n) is 3.32. The van der Waals surface area contributed by atoms with Gasteiger partial charge in [0.2, 0.25) is 5.91 Å². The summed E-state index contributed by atoms with van der Waals surface area (Å²) in [7, 11) is 1.73. The van der Waals surface area contributed by atoms with E-state index in [1.165, 1.54) is 5.56 Å². The Morgan fingerprint density at radius 3 is 2.61 bits per heavy atom. The number of likely N-dealkylation sites (N-methyl/N-ethyl adjacent to an activating group) is 1. The van der Waals surface area contributed by atoms with E-state index in [2.05, 4.69) is 5.32 Å². The maximum atomic E-state index is 12.0. The van der Waals surface area contributed by atoms with E-state index in [4.69, 9.17) is 4.74 Å². The van der Waals surface area contributed by atoms with Crippen LogP contribution in [0.15, 0.2) is 41.8 Å². The van der Waals surface area contributed by atoms with Gasteiger partial charge in [-0.2, -0.15) is 0 Å². The minimum absolute atomic E-state index is 0.0299. The van der Waals surface area contributed by atoms with Crippen LogP contribution in [0.3, 0.4) is 0 Å². The van der Waals surface area contributed by atoms with Gasteiger partial charge in [0.05, 0.1) is 13.1 Å². The lowest BCUT2D eigenvalue weighted by atomic mass is 10.3. The molecule has 0 aliphatic carbocycles. The molecule has 0 saturated carbocycles. The van der Waals surface area contributed by atoms with Gasteiger partial charge >= 0.3 is 0 Å². The normalized spacial score (nSPS) is 10.2. The van der Waals surface area contributed by atoms with Crippen molar-refractivity contribution >= 4 is 23.2 Å². The number of para-hydroxylation sites is 1. The van der Waals surface area contributed by atoms with Crippen LogP contribution in [0.1, 0.15) is 10.4 Å². The van der Waals surface area contributed by atoms with E-state index >= 15 is 0 Å². The summed E-state index contributed by atoms with van der Waals surface area (Å²) in [4.78, 5) is 26.5. The summed E-state index contributed by atoms with van der Waals surface area (Å²) in [6.07, 6.45) is 0. The zero-order valence-corrected chi connectivity index (χ0v) is 14.1. The van der Waals surface area contributed by atoms with Crippen molar-refractivity contribution < 1.29 is 14.3 Å². The Labute approximate surface area is 139 Å². The highest BCUT2D eigenvalue weighted by Gasteiger charge is 2.12. The highest BCUT2D eigenvalue weighted by molar-refractivity contribution is 7.10. The molecule has 1 heterocycles. The molecule has 0 aliphatic rings. The maximum absolute atomic E-state index is 12.0.